The molecule has 0 bridgehead atoms. The van der Waals surface area contributed by atoms with Crippen LogP contribution in [0.3, 0.4) is 0 Å². The summed E-state index contributed by atoms with van der Waals surface area (Å²) in [6.07, 6.45) is 1.11. The molecule has 2 N–H and O–H groups in total. The van der Waals surface area contributed by atoms with Crippen molar-refractivity contribution in [3.05, 3.63) is 23.8 Å². The number of hydrogen-bond acceptors (Lipinski definition) is 5. The molecule has 1 aromatic rings. The first-order valence-corrected chi connectivity index (χ1v) is 7.82. The number of hydrogen-bond donors (Lipinski definition) is 2. The Hall–Kier alpha value is -1.76. The molecule has 1 aromatic carbocycles. The number of amides is 1. The van der Waals surface area contributed by atoms with Crippen molar-refractivity contribution in [3.8, 4) is 11.5 Å². The number of benzene rings is 1. The van der Waals surface area contributed by atoms with E-state index in [4.69, 9.17) is 4.74 Å². The number of carbonyl (C=O) groups is 1. The van der Waals surface area contributed by atoms with E-state index in [2.05, 4.69) is 5.32 Å². The molecule has 0 atom stereocenters. The Morgan fingerprint density at radius 2 is 2.00 bits per heavy atom. The lowest BCUT2D eigenvalue weighted by molar-refractivity contribution is 0.0947. The maximum absolute atomic E-state index is 12.0. The minimum atomic E-state index is -3.31. The number of carbonyl (C=O) groups excluding carboxylic acids is 1. The van der Waals surface area contributed by atoms with Crippen molar-refractivity contribution in [1.82, 2.24) is 5.32 Å². The molecule has 0 unspecified atom stereocenters. The van der Waals surface area contributed by atoms with Crippen LogP contribution >= 0.6 is 0 Å². The van der Waals surface area contributed by atoms with Gasteiger partial charge in [0.1, 0.15) is 11.5 Å². The number of nitrogens with one attached hydrogen (secondary N) is 1. The minimum Gasteiger partial charge on any atom is -0.507 e. The number of phenolic OH excluding ortho intramolecular Hbond substituents is 1. The average Bonchev–Trinajstić information content (AvgIpc) is 2.35. The topological polar surface area (TPSA) is 92.7 Å². The third-order valence-electron chi connectivity index (χ3n) is 3.13. The van der Waals surface area contributed by atoms with Gasteiger partial charge in [0.15, 0.2) is 9.84 Å². The molecule has 0 aliphatic rings. The van der Waals surface area contributed by atoms with Gasteiger partial charge in [-0.3, -0.25) is 4.79 Å². The van der Waals surface area contributed by atoms with Crippen LogP contribution in [0, 0.1) is 0 Å². The van der Waals surface area contributed by atoms with E-state index in [1.807, 2.05) is 0 Å². The van der Waals surface area contributed by atoms with Crippen LogP contribution in [0.2, 0.25) is 0 Å². The molecule has 0 spiro atoms. The Bertz CT molecular complexity index is 607. The number of methoxy groups -OCH3 is 1. The van der Waals surface area contributed by atoms with E-state index in [1.54, 1.807) is 0 Å². The maximum atomic E-state index is 12.0. The number of phenols is 1. The number of sulfone groups is 1. The van der Waals surface area contributed by atoms with Crippen LogP contribution in [0.4, 0.5) is 0 Å². The molecule has 1 amide bonds. The van der Waals surface area contributed by atoms with Crippen molar-refractivity contribution in [1.29, 1.82) is 0 Å². The van der Waals surface area contributed by atoms with Crippen molar-refractivity contribution in [2.75, 3.05) is 19.9 Å². The summed E-state index contributed by atoms with van der Waals surface area (Å²) in [6, 6.07) is 4.25. The van der Waals surface area contributed by atoms with Crippen LogP contribution in [-0.2, 0) is 9.84 Å². The van der Waals surface area contributed by atoms with E-state index in [0.29, 0.717) is 5.75 Å². The zero-order valence-electron chi connectivity index (χ0n) is 11.9. The highest BCUT2D eigenvalue weighted by molar-refractivity contribution is 7.92. The Morgan fingerprint density at radius 1 is 1.40 bits per heavy atom. The molecule has 7 heteroatoms. The summed E-state index contributed by atoms with van der Waals surface area (Å²) in [7, 11) is -1.86. The van der Waals surface area contributed by atoms with Gasteiger partial charge in [0.2, 0.25) is 0 Å². The molecule has 0 heterocycles. The first kappa shape index (κ1) is 16.3. The molecular formula is C13H19NO5S. The summed E-state index contributed by atoms with van der Waals surface area (Å²) in [4.78, 5) is 12.0. The zero-order valence-corrected chi connectivity index (χ0v) is 12.7. The summed E-state index contributed by atoms with van der Waals surface area (Å²) >= 11 is 0. The molecule has 0 aliphatic heterocycles. The predicted molar refractivity (Wildman–Crippen MR) is 75.9 cm³/mol. The lowest BCUT2D eigenvalue weighted by Gasteiger charge is -2.22. The Labute approximate surface area is 118 Å². The van der Waals surface area contributed by atoms with Gasteiger partial charge in [-0.25, -0.2) is 8.42 Å². The first-order valence-electron chi connectivity index (χ1n) is 5.93. The summed E-state index contributed by atoms with van der Waals surface area (Å²) in [5.41, 5.74) is 0.0358. The minimum absolute atomic E-state index is 0.0358. The zero-order chi connectivity index (χ0) is 15.6. The van der Waals surface area contributed by atoms with Crippen molar-refractivity contribution >= 4 is 15.7 Å². The van der Waals surface area contributed by atoms with Gasteiger partial charge < -0.3 is 15.2 Å². The SMILES string of the molecule is COc1ccc(O)c(C(=O)NCC(C)(C)S(C)(=O)=O)c1. The fraction of sp³-hybridized carbons (Fsp3) is 0.462. The highest BCUT2D eigenvalue weighted by Crippen LogP contribution is 2.23. The van der Waals surface area contributed by atoms with Crippen LogP contribution in [0.25, 0.3) is 0 Å². The fourth-order valence-corrected chi connectivity index (χ4v) is 1.68. The first-order chi connectivity index (χ1) is 9.08. The standard InChI is InChI=1S/C13H19NO5S/c1-13(2,20(4,17)18)8-14-12(16)10-7-9(19-3)5-6-11(10)15/h5-7,15H,8H2,1-4H3,(H,14,16). The van der Waals surface area contributed by atoms with Crippen LogP contribution in [0.15, 0.2) is 18.2 Å². The fourth-order valence-electron chi connectivity index (χ4n) is 1.34. The second-order valence-electron chi connectivity index (χ2n) is 5.10. The van der Waals surface area contributed by atoms with Crippen molar-refractivity contribution < 1.29 is 23.1 Å². The lowest BCUT2D eigenvalue weighted by atomic mass is 10.1. The highest BCUT2D eigenvalue weighted by Gasteiger charge is 2.30. The summed E-state index contributed by atoms with van der Waals surface area (Å²) < 4.78 is 27.0. The number of ether oxygens (including phenoxy) is 1. The maximum Gasteiger partial charge on any atom is 0.255 e. The van der Waals surface area contributed by atoms with Gasteiger partial charge in [0, 0.05) is 12.8 Å². The van der Waals surface area contributed by atoms with Gasteiger partial charge in [-0.05, 0) is 32.0 Å². The van der Waals surface area contributed by atoms with E-state index in [0.717, 1.165) is 6.26 Å². The Morgan fingerprint density at radius 3 is 2.50 bits per heavy atom. The second kappa shape index (κ2) is 5.70. The molecule has 0 aromatic heterocycles. The van der Waals surface area contributed by atoms with Gasteiger partial charge in [0.25, 0.3) is 5.91 Å². The van der Waals surface area contributed by atoms with Crippen molar-refractivity contribution in [2.24, 2.45) is 0 Å². The summed E-state index contributed by atoms with van der Waals surface area (Å²) in [6.45, 7) is 2.99. The lowest BCUT2D eigenvalue weighted by Crippen LogP contribution is -2.43. The van der Waals surface area contributed by atoms with Crippen molar-refractivity contribution in [2.45, 2.75) is 18.6 Å². The molecule has 20 heavy (non-hydrogen) atoms. The van der Waals surface area contributed by atoms with Gasteiger partial charge in [-0.2, -0.15) is 0 Å². The van der Waals surface area contributed by atoms with Gasteiger partial charge >= 0.3 is 0 Å². The quantitative estimate of drug-likeness (QED) is 0.845. The Balaban J connectivity index is 2.88. The third-order valence-corrected chi connectivity index (χ3v) is 5.28. The van der Waals surface area contributed by atoms with Crippen LogP contribution in [-0.4, -0.2) is 44.1 Å². The van der Waals surface area contributed by atoms with E-state index in [-0.39, 0.29) is 17.9 Å². The van der Waals surface area contributed by atoms with E-state index >= 15 is 0 Å². The largest absolute Gasteiger partial charge is 0.507 e. The molecular weight excluding hydrogens is 282 g/mol. The van der Waals surface area contributed by atoms with E-state index in [9.17, 15) is 18.3 Å². The monoisotopic (exact) mass is 301 g/mol. The average molecular weight is 301 g/mol. The van der Waals surface area contributed by atoms with E-state index < -0.39 is 20.5 Å². The second-order valence-corrected chi connectivity index (χ2v) is 7.75. The smallest absolute Gasteiger partial charge is 0.255 e. The van der Waals surface area contributed by atoms with Crippen molar-refractivity contribution in [3.63, 3.8) is 0 Å². The molecule has 112 valence electrons. The summed E-state index contributed by atoms with van der Waals surface area (Å²) in [5, 5.41) is 12.2. The highest BCUT2D eigenvalue weighted by atomic mass is 32.2. The molecule has 0 saturated heterocycles. The number of rotatable bonds is 5. The molecule has 0 radical (unpaired) electrons. The molecule has 0 fully saturated rings. The Kier molecular flexibility index (Phi) is 4.65. The molecule has 0 aliphatic carbocycles. The number of aromatic hydroxyl groups is 1. The third kappa shape index (κ3) is 3.63. The molecule has 6 nitrogen and oxygen atoms in total. The van der Waals surface area contributed by atoms with Gasteiger partial charge in [-0.15, -0.1) is 0 Å². The van der Waals surface area contributed by atoms with Crippen LogP contribution in [0.1, 0.15) is 24.2 Å². The van der Waals surface area contributed by atoms with Crippen LogP contribution in [0.5, 0.6) is 11.5 Å². The van der Waals surface area contributed by atoms with E-state index in [1.165, 1.54) is 39.2 Å². The van der Waals surface area contributed by atoms with Crippen LogP contribution < -0.4 is 10.1 Å². The normalized spacial score (nSPS) is 12.0. The summed E-state index contributed by atoms with van der Waals surface area (Å²) in [5.74, 6) is -0.325. The predicted octanol–water partition coefficient (Wildman–Crippen LogP) is 0.954. The molecule has 1 rings (SSSR count). The molecule has 0 saturated carbocycles. The van der Waals surface area contributed by atoms with Gasteiger partial charge in [-0.1, -0.05) is 0 Å². The van der Waals surface area contributed by atoms with Gasteiger partial charge in [0.05, 0.1) is 17.4 Å².